The van der Waals surface area contributed by atoms with Gasteiger partial charge in [0, 0.05) is 25.1 Å². The van der Waals surface area contributed by atoms with Gasteiger partial charge in [0.2, 0.25) is 0 Å². The molecule has 1 aromatic carbocycles. The molecule has 2 unspecified atom stereocenters. The summed E-state index contributed by atoms with van der Waals surface area (Å²) in [6.07, 6.45) is 4.29. The standard InChI is InChI=1S/C17H25NO/c1-17(2)15(10-16(17)19-3)18-11-12-5-4-6-14(9-12)13-7-8-13/h4-6,9,13,15-16,18H,7-8,10-11H2,1-3H3. The van der Waals surface area contributed by atoms with E-state index in [-0.39, 0.29) is 5.41 Å². The maximum absolute atomic E-state index is 5.50. The van der Waals surface area contributed by atoms with Gasteiger partial charge >= 0.3 is 0 Å². The highest BCUT2D eigenvalue weighted by atomic mass is 16.5. The summed E-state index contributed by atoms with van der Waals surface area (Å²) < 4.78 is 5.50. The lowest BCUT2D eigenvalue weighted by Gasteiger charge is -2.51. The van der Waals surface area contributed by atoms with Crippen molar-refractivity contribution in [1.29, 1.82) is 0 Å². The molecule has 3 rings (SSSR count). The van der Waals surface area contributed by atoms with Gasteiger partial charge in [0.15, 0.2) is 0 Å². The number of hydrogen-bond acceptors (Lipinski definition) is 2. The van der Waals surface area contributed by atoms with E-state index in [0.717, 1.165) is 18.9 Å². The van der Waals surface area contributed by atoms with E-state index in [9.17, 15) is 0 Å². The Morgan fingerprint density at radius 2 is 2.11 bits per heavy atom. The molecule has 2 fully saturated rings. The van der Waals surface area contributed by atoms with Crippen molar-refractivity contribution in [3.63, 3.8) is 0 Å². The second-order valence-electron chi connectivity index (χ2n) is 6.73. The van der Waals surface area contributed by atoms with Crippen molar-refractivity contribution in [3.8, 4) is 0 Å². The molecule has 0 spiro atoms. The van der Waals surface area contributed by atoms with Gasteiger partial charge in [0.05, 0.1) is 6.10 Å². The summed E-state index contributed by atoms with van der Waals surface area (Å²) in [5, 5.41) is 3.70. The quantitative estimate of drug-likeness (QED) is 0.874. The van der Waals surface area contributed by atoms with E-state index in [0.29, 0.717) is 12.1 Å². The molecular weight excluding hydrogens is 234 g/mol. The molecule has 0 saturated heterocycles. The van der Waals surface area contributed by atoms with Gasteiger partial charge < -0.3 is 10.1 Å². The number of nitrogens with one attached hydrogen (secondary N) is 1. The van der Waals surface area contributed by atoms with E-state index in [2.05, 4.69) is 43.4 Å². The zero-order valence-electron chi connectivity index (χ0n) is 12.3. The highest BCUT2D eigenvalue weighted by molar-refractivity contribution is 5.29. The maximum atomic E-state index is 5.50. The molecule has 1 aromatic rings. The van der Waals surface area contributed by atoms with Crippen molar-refractivity contribution in [2.24, 2.45) is 5.41 Å². The SMILES string of the molecule is COC1CC(NCc2cccc(C3CC3)c2)C1(C)C. The lowest BCUT2D eigenvalue weighted by Crippen LogP contribution is -2.60. The van der Waals surface area contributed by atoms with Crippen LogP contribution in [0.4, 0.5) is 0 Å². The van der Waals surface area contributed by atoms with E-state index >= 15 is 0 Å². The van der Waals surface area contributed by atoms with Crippen molar-refractivity contribution >= 4 is 0 Å². The molecule has 0 heterocycles. The Hall–Kier alpha value is -0.860. The Bertz CT molecular complexity index is 450. The van der Waals surface area contributed by atoms with Crippen LogP contribution in [-0.2, 0) is 11.3 Å². The second kappa shape index (κ2) is 4.92. The third kappa shape index (κ3) is 2.56. The number of benzene rings is 1. The van der Waals surface area contributed by atoms with Crippen molar-refractivity contribution < 1.29 is 4.74 Å². The van der Waals surface area contributed by atoms with E-state index in [4.69, 9.17) is 4.74 Å². The Kier molecular flexibility index (Phi) is 3.40. The molecule has 0 bridgehead atoms. The van der Waals surface area contributed by atoms with Gasteiger partial charge in [-0.1, -0.05) is 38.1 Å². The number of hydrogen-bond donors (Lipinski definition) is 1. The van der Waals surface area contributed by atoms with Gasteiger partial charge in [0.25, 0.3) is 0 Å². The Balaban J connectivity index is 1.56. The number of methoxy groups -OCH3 is 1. The molecule has 1 N–H and O–H groups in total. The third-order valence-electron chi connectivity index (χ3n) is 5.01. The molecular formula is C17H25NO. The average molecular weight is 259 g/mol. The monoisotopic (exact) mass is 259 g/mol. The summed E-state index contributed by atoms with van der Waals surface area (Å²) in [6, 6.07) is 9.66. The molecule has 2 atom stereocenters. The number of rotatable bonds is 5. The molecule has 2 nitrogen and oxygen atoms in total. The first-order valence-electron chi connectivity index (χ1n) is 7.46. The normalized spacial score (nSPS) is 29.0. The third-order valence-corrected chi connectivity index (χ3v) is 5.01. The van der Waals surface area contributed by atoms with Crippen LogP contribution in [0.3, 0.4) is 0 Å². The predicted molar refractivity (Wildman–Crippen MR) is 78.2 cm³/mol. The lowest BCUT2D eigenvalue weighted by molar-refractivity contribution is -0.0979. The fourth-order valence-corrected chi connectivity index (χ4v) is 3.25. The maximum Gasteiger partial charge on any atom is 0.0652 e. The van der Waals surface area contributed by atoms with Crippen molar-refractivity contribution in [3.05, 3.63) is 35.4 Å². The first-order chi connectivity index (χ1) is 9.11. The zero-order chi connectivity index (χ0) is 13.5. The fourth-order valence-electron chi connectivity index (χ4n) is 3.25. The largest absolute Gasteiger partial charge is 0.381 e. The molecule has 2 aliphatic carbocycles. The summed E-state index contributed by atoms with van der Waals surface area (Å²) in [4.78, 5) is 0. The molecule has 2 aliphatic rings. The summed E-state index contributed by atoms with van der Waals surface area (Å²) in [5.74, 6) is 0.845. The smallest absolute Gasteiger partial charge is 0.0652 e. The molecule has 2 saturated carbocycles. The first kappa shape index (κ1) is 13.1. The highest BCUT2D eigenvalue weighted by Crippen LogP contribution is 2.43. The van der Waals surface area contributed by atoms with Crippen LogP contribution in [0.1, 0.15) is 50.2 Å². The van der Waals surface area contributed by atoms with Crippen LogP contribution in [0.2, 0.25) is 0 Å². The molecule has 0 aliphatic heterocycles. The Morgan fingerprint density at radius 1 is 1.32 bits per heavy atom. The van der Waals surface area contributed by atoms with Crippen LogP contribution in [0.15, 0.2) is 24.3 Å². The fraction of sp³-hybridized carbons (Fsp3) is 0.647. The van der Waals surface area contributed by atoms with Crippen LogP contribution in [-0.4, -0.2) is 19.3 Å². The second-order valence-corrected chi connectivity index (χ2v) is 6.73. The van der Waals surface area contributed by atoms with Crippen LogP contribution in [0.5, 0.6) is 0 Å². The van der Waals surface area contributed by atoms with Crippen molar-refractivity contribution in [1.82, 2.24) is 5.32 Å². The first-order valence-corrected chi connectivity index (χ1v) is 7.46. The van der Waals surface area contributed by atoms with E-state index in [1.165, 1.54) is 24.0 Å². The highest BCUT2D eigenvalue weighted by Gasteiger charge is 2.48. The summed E-state index contributed by atoms with van der Waals surface area (Å²) in [5.41, 5.74) is 3.20. The van der Waals surface area contributed by atoms with Crippen LogP contribution in [0.25, 0.3) is 0 Å². The Labute approximate surface area is 116 Å². The van der Waals surface area contributed by atoms with Crippen molar-refractivity contribution in [2.45, 2.75) is 57.7 Å². The van der Waals surface area contributed by atoms with Crippen LogP contribution >= 0.6 is 0 Å². The van der Waals surface area contributed by atoms with Crippen LogP contribution in [0, 0.1) is 5.41 Å². The Morgan fingerprint density at radius 3 is 2.74 bits per heavy atom. The summed E-state index contributed by atoms with van der Waals surface area (Å²) in [6.45, 7) is 5.57. The predicted octanol–water partition coefficient (Wildman–Crippen LogP) is 3.47. The van der Waals surface area contributed by atoms with Gasteiger partial charge in [-0.2, -0.15) is 0 Å². The molecule has 0 radical (unpaired) electrons. The molecule has 19 heavy (non-hydrogen) atoms. The van der Waals surface area contributed by atoms with Gasteiger partial charge in [-0.25, -0.2) is 0 Å². The van der Waals surface area contributed by atoms with Gasteiger partial charge in [-0.15, -0.1) is 0 Å². The minimum atomic E-state index is 0.253. The minimum absolute atomic E-state index is 0.253. The van der Waals surface area contributed by atoms with Crippen LogP contribution < -0.4 is 5.32 Å². The molecule has 2 heteroatoms. The summed E-state index contributed by atoms with van der Waals surface area (Å²) in [7, 11) is 1.82. The zero-order valence-corrected chi connectivity index (χ0v) is 12.3. The molecule has 0 amide bonds. The lowest BCUT2D eigenvalue weighted by atomic mass is 9.64. The molecule has 104 valence electrons. The minimum Gasteiger partial charge on any atom is -0.381 e. The number of ether oxygens (including phenoxy) is 1. The van der Waals surface area contributed by atoms with Gasteiger partial charge in [-0.05, 0) is 36.3 Å². The molecule has 0 aromatic heterocycles. The summed E-state index contributed by atoms with van der Waals surface area (Å²) >= 11 is 0. The van der Waals surface area contributed by atoms with E-state index in [1.54, 1.807) is 0 Å². The van der Waals surface area contributed by atoms with Crippen molar-refractivity contribution in [2.75, 3.05) is 7.11 Å². The van der Waals surface area contributed by atoms with E-state index < -0.39 is 0 Å². The van der Waals surface area contributed by atoms with Gasteiger partial charge in [-0.3, -0.25) is 0 Å². The van der Waals surface area contributed by atoms with E-state index in [1.807, 2.05) is 7.11 Å². The average Bonchev–Trinajstić information content (AvgIpc) is 3.22. The topological polar surface area (TPSA) is 21.3 Å². The van der Waals surface area contributed by atoms with Gasteiger partial charge in [0.1, 0.15) is 0 Å².